The summed E-state index contributed by atoms with van der Waals surface area (Å²) in [6.45, 7) is 4.85. The van der Waals surface area contributed by atoms with Crippen molar-refractivity contribution in [1.82, 2.24) is 14.3 Å². The molecule has 3 rings (SSSR count). The van der Waals surface area contributed by atoms with Crippen molar-refractivity contribution in [3.63, 3.8) is 0 Å². The summed E-state index contributed by atoms with van der Waals surface area (Å²) < 4.78 is 7.18. The fourth-order valence-corrected chi connectivity index (χ4v) is 4.39. The molecule has 0 radical (unpaired) electrons. The molecule has 2 aromatic heterocycles. The lowest BCUT2D eigenvalue weighted by molar-refractivity contribution is -0.123. The Morgan fingerprint density at radius 2 is 2.17 bits per heavy atom. The van der Waals surface area contributed by atoms with E-state index in [1.54, 1.807) is 35.4 Å². The summed E-state index contributed by atoms with van der Waals surface area (Å²) in [4.78, 5) is 32.6. The second-order valence-electron chi connectivity index (χ2n) is 6.68. The number of aromatic nitrogens is 2. The Hall–Kier alpha value is -2.27. The van der Waals surface area contributed by atoms with E-state index in [4.69, 9.17) is 22.1 Å². The van der Waals surface area contributed by atoms with Crippen molar-refractivity contribution in [3.8, 4) is 0 Å². The van der Waals surface area contributed by atoms with Gasteiger partial charge < -0.3 is 15.2 Å². The maximum atomic E-state index is 13.1. The maximum Gasteiger partial charge on any atom is 0.267 e. The molecule has 2 N–H and O–H groups in total. The van der Waals surface area contributed by atoms with Gasteiger partial charge in [-0.05, 0) is 31.6 Å². The van der Waals surface area contributed by atoms with Gasteiger partial charge in [-0.25, -0.2) is 4.98 Å². The molecule has 30 heavy (non-hydrogen) atoms. The predicted octanol–water partition coefficient (Wildman–Crippen LogP) is 2.12. The minimum absolute atomic E-state index is 0.0134. The number of thiocarbonyl (C=S) groups is 1. The molecule has 0 aliphatic carbocycles. The minimum atomic E-state index is -0.284. The molecule has 1 saturated heterocycles. The molecule has 1 aliphatic rings. The van der Waals surface area contributed by atoms with E-state index in [0.717, 1.165) is 6.42 Å². The van der Waals surface area contributed by atoms with Crippen LogP contribution in [0.3, 0.4) is 0 Å². The van der Waals surface area contributed by atoms with Crippen LogP contribution in [0.1, 0.15) is 25.8 Å². The smallest absolute Gasteiger partial charge is 0.267 e. The first-order valence-electron chi connectivity index (χ1n) is 9.68. The number of amides is 1. The Bertz CT molecular complexity index is 1040. The van der Waals surface area contributed by atoms with Crippen LogP contribution >= 0.6 is 24.0 Å². The summed E-state index contributed by atoms with van der Waals surface area (Å²) in [5, 5.41) is 11.9. The molecule has 0 aromatic carbocycles. The van der Waals surface area contributed by atoms with Crippen LogP contribution in [0.4, 0.5) is 5.82 Å². The number of fused-ring (bicyclic) bond motifs is 1. The summed E-state index contributed by atoms with van der Waals surface area (Å²) in [5.74, 6) is 0.168. The molecule has 160 valence electrons. The Labute approximate surface area is 183 Å². The van der Waals surface area contributed by atoms with E-state index in [1.807, 2.05) is 13.8 Å². The van der Waals surface area contributed by atoms with Crippen molar-refractivity contribution in [2.45, 2.75) is 26.3 Å². The molecular weight excluding hydrogens is 424 g/mol. The first-order chi connectivity index (χ1) is 14.5. The van der Waals surface area contributed by atoms with Gasteiger partial charge in [-0.15, -0.1) is 0 Å². The number of nitrogens with zero attached hydrogens (tertiary/aromatic N) is 3. The molecule has 3 heterocycles. The summed E-state index contributed by atoms with van der Waals surface area (Å²) >= 11 is 6.57. The number of hydrogen-bond donors (Lipinski definition) is 2. The second-order valence-corrected chi connectivity index (χ2v) is 8.36. The monoisotopic (exact) mass is 448 g/mol. The SMILES string of the molecule is CC[C@H](C)N1C(=O)/C(=C/c2c(NCCOCCO)nc3ccccn3c2=O)SC1=S. The highest BCUT2D eigenvalue weighted by molar-refractivity contribution is 8.26. The lowest BCUT2D eigenvalue weighted by atomic mass is 10.2. The number of anilines is 1. The highest BCUT2D eigenvalue weighted by Crippen LogP contribution is 2.34. The number of aliphatic hydroxyl groups is 1. The predicted molar refractivity (Wildman–Crippen MR) is 123 cm³/mol. The van der Waals surface area contributed by atoms with Crippen molar-refractivity contribution in [1.29, 1.82) is 0 Å². The molecule has 8 nitrogen and oxygen atoms in total. The normalized spacial score (nSPS) is 16.6. The molecule has 1 aliphatic heterocycles. The van der Waals surface area contributed by atoms with Gasteiger partial charge in [0.25, 0.3) is 11.5 Å². The number of pyridine rings is 1. The number of carbonyl (C=O) groups excluding carboxylic acids is 1. The maximum absolute atomic E-state index is 13.1. The average molecular weight is 449 g/mol. The van der Waals surface area contributed by atoms with Crippen molar-refractivity contribution in [2.24, 2.45) is 0 Å². The lowest BCUT2D eigenvalue weighted by Crippen LogP contribution is -2.36. The van der Waals surface area contributed by atoms with E-state index in [1.165, 1.54) is 16.2 Å². The van der Waals surface area contributed by atoms with Crippen LogP contribution in [-0.2, 0) is 9.53 Å². The third-order valence-electron chi connectivity index (χ3n) is 4.67. The van der Waals surface area contributed by atoms with Crippen LogP contribution in [-0.4, -0.2) is 62.0 Å². The van der Waals surface area contributed by atoms with Gasteiger partial charge in [-0.2, -0.15) is 0 Å². The van der Waals surface area contributed by atoms with Crippen LogP contribution in [0.15, 0.2) is 34.1 Å². The van der Waals surface area contributed by atoms with Crippen LogP contribution < -0.4 is 10.9 Å². The van der Waals surface area contributed by atoms with Crippen LogP contribution in [0.5, 0.6) is 0 Å². The second kappa shape index (κ2) is 10.2. The van der Waals surface area contributed by atoms with E-state index in [-0.39, 0.29) is 36.3 Å². The largest absolute Gasteiger partial charge is 0.394 e. The van der Waals surface area contributed by atoms with Crippen LogP contribution in [0.2, 0.25) is 0 Å². The highest BCUT2D eigenvalue weighted by Gasteiger charge is 2.35. The van der Waals surface area contributed by atoms with E-state index in [2.05, 4.69) is 10.3 Å². The molecule has 0 saturated carbocycles. The summed E-state index contributed by atoms with van der Waals surface area (Å²) in [5.41, 5.74) is 0.490. The Morgan fingerprint density at radius 3 is 2.90 bits per heavy atom. The summed E-state index contributed by atoms with van der Waals surface area (Å²) in [6.07, 6.45) is 3.98. The van der Waals surface area contributed by atoms with Crippen molar-refractivity contribution < 1.29 is 14.6 Å². The molecule has 0 unspecified atom stereocenters. The topological polar surface area (TPSA) is 96.2 Å². The fourth-order valence-electron chi connectivity index (χ4n) is 2.95. The number of nitrogens with one attached hydrogen (secondary N) is 1. The van der Waals surface area contributed by atoms with E-state index >= 15 is 0 Å². The molecule has 1 fully saturated rings. The molecule has 1 atom stereocenters. The Balaban J connectivity index is 1.99. The average Bonchev–Trinajstić information content (AvgIpc) is 3.02. The third kappa shape index (κ3) is 4.72. The fraction of sp³-hybridized carbons (Fsp3) is 0.400. The molecular formula is C20H24N4O4S2. The molecule has 2 aromatic rings. The number of rotatable bonds is 9. The zero-order valence-corrected chi connectivity index (χ0v) is 18.5. The zero-order valence-electron chi connectivity index (χ0n) is 16.8. The quantitative estimate of drug-likeness (QED) is 0.342. The van der Waals surface area contributed by atoms with Gasteiger partial charge in [0.1, 0.15) is 15.8 Å². The highest BCUT2D eigenvalue weighted by atomic mass is 32.2. The van der Waals surface area contributed by atoms with Crippen molar-refractivity contribution in [3.05, 3.63) is 45.2 Å². The zero-order chi connectivity index (χ0) is 21.7. The van der Waals surface area contributed by atoms with Gasteiger partial charge in [0.05, 0.1) is 30.3 Å². The Morgan fingerprint density at radius 1 is 1.37 bits per heavy atom. The molecule has 0 bridgehead atoms. The minimum Gasteiger partial charge on any atom is -0.394 e. The van der Waals surface area contributed by atoms with Gasteiger partial charge in [-0.3, -0.25) is 18.9 Å². The van der Waals surface area contributed by atoms with Gasteiger partial charge in [0.2, 0.25) is 0 Å². The van der Waals surface area contributed by atoms with Crippen LogP contribution in [0, 0.1) is 0 Å². The summed E-state index contributed by atoms with van der Waals surface area (Å²) in [6, 6.07) is 5.27. The van der Waals surface area contributed by atoms with Gasteiger partial charge >= 0.3 is 0 Å². The van der Waals surface area contributed by atoms with Gasteiger partial charge in [-0.1, -0.05) is 37.0 Å². The Kier molecular flexibility index (Phi) is 7.59. The third-order valence-corrected chi connectivity index (χ3v) is 6.00. The number of hydrogen-bond acceptors (Lipinski definition) is 8. The van der Waals surface area contributed by atoms with Crippen molar-refractivity contribution in [2.75, 3.05) is 31.7 Å². The van der Waals surface area contributed by atoms with E-state index in [0.29, 0.717) is 33.8 Å². The van der Waals surface area contributed by atoms with Crippen molar-refractivity contribution >= 4 is 51.7 Å². The number of thioether (sulfide) groups is 1. The molecule has 10 heteroatoms. The molecule has 0 spiro atoms. The first-order valence-corrected chi connectivity index (χ1v) is 10.9. The lowest BCUT2D eigenvalue weighted by Gasteiger charge is -2.21. The number of aliphatic hydroxyl groups excluding tert-OH is 1. The standard InChI is InChI=1S/C20H24N4O4S2/c1-3-13(2)24-19(27)15(30-20(24)29)12-14-17(21-7-10-28-11-9-25)22-16-6-4-5-8-23(16)18(14)26/h4-6,8,12-13,21,25H,3,7,9-11H2,1-2H3/b15-12-/t13-/m0/s1. The van der Waals surface area contributed by atoms with E-state index < -0.39 is 0 Å². The van der Waals surface area contributed by atoms with E-state index in [9.17, 15) is 9.59 Å². The number of carbonyl (C=O) groups is 1. The molecule has 1 amide bonds. The van der Waals surface area contributed by atoms with Gasteiger partial charge in [0.15, 0.2) is 0 Å². The first kappa shape index (κ1) is 22.4. The van der Waals surface area contributed by atoms with Crippen LogP contribution in [0.25, 0.3) is 11.7 Å². The number of ether oxygens (including phenoxy) is 1. The summed E-state index contributed by atoms with van der Waals surface area (Å²) in [7, 11) is 0. The van der Waals surface area contributed by atoms with Gasteiger partial charge in [0, 0.05) is 18.8 Å².